The molecule has 1 fully saturated rings. The molecule has 1 unspecified atom stereocenters. The van der Waals surface area contributed by atoms with Crippen LogP contribution in [0.2, 0.25) is 0 Å². The van der Waals surface area contributed by atoms with Gasteiger partial charge in [0.15, 0.2) is 5.75 Å². The Hall–Kier alpha value is -2.89. The van der Waals surface area contributed by atoms with Crippen molar-refractivity contribution in [1.82, 2.24) is 0 Å². The molecule has 6 heteroatoms. The Balaban J connectivity index is 1.78. The minimum atomic E-state index is -0.425. The molecule has 2 aromatic rings. The van der Waals surface area contributed by atoms with E-state index in [-0.39, 0.29) is 24.0 Å². The minimum Gasteiger partial charge on any atom is -0.482 e. The van der Waals surface area contributed by atoms with Crippen LogP contribution in [-0.4, -0.2) is 15.8 Å². The van der Waals surface area contributed by atoms with Crippen LogP contribution in [0.25, 0.3) is 0 Å². The summed E-state index contributed by atoms with van der Waals surface area (Å²) in [5.74, 6) is 0.451. The largest absolute Gasteiger partial charge is 0.482 e. The summed E-state index contributed by atoms with van der Waals surface area (Å²) in [6.07, 6.45) is 4.62. The second-order valence-corrected chi connectivity index (χ2v) is 6.57. The third-order valence-electron chi connectivity index (χ3n) is 4.78. The number of rotatable bonds is 6. The smallest absolute Gasteiger partial charge is 0.310 e. The summed E-state index contributed by atoms with van der Waals surface area (Å²) in [5, 5.41) is 23.9. The molecule has 26 heavy (non-hydrogen) atoms. The Labute approximate surface area is 152 Å². The molecule has 0 bridgehead atoms. The maximum atomic E-state index is 11.3. The first-order chi connectivity index (χ1) is 12.7. The SMILES string of the molecule is O=[N+]([O-])c1ccc(CC2CCCC/C2=N\O)cc1OCc1ccccc1. The molecule has 0 spiro atoms. The molecule has 0 aromatic heterocycles. The van der Waals surface area contributed by atoms with E-state index in [0.717, 1.165) is 42.5 Å². The Morgan fingerprint density at radius 3 is 2.69 bits per heavy atom. The molecular formula is C20H22N2O4. The van der Waals surface area contributed by atoms with Gasteiger partial charge in [0.05, 0.1) is 10.6 Å². The molecule has 0 aliphatic heterocycles. The van der Waals surface area contributed by atoms with Gasteiger partial charge >= 0.3 is 5.69 Å². The van der Waals surface area contributed by atoms with Crippen molar-refractivity contribution >= 4 is 11.4 Å². The number of hydrogen-bond donors (Lipinski definition) is 1. The number of nitro benzene ring substituents is 1. The number of nitrogens with zero attached hydrogens (tertiary/aromatic N) is 2. The lowest BCUT2D eigenvalue weighted by molar-refractivity contribution is -0.386. The van der Waals surface area contributed by atoms with Crippen molar-refractivity contribution in [3.8, 4) is 5.75 Å². The van der Waals surface area contributed by atoms with E-state index in [4.69, 9.17) is 4.74 Å². The molecule has 0 saturated heterocycles. The van der Waals surface area contributed by atoms with E-state index < -0.39 is 4.92 Å². The predicted molar refractivity (Wildman–Crippen MR) is 98.8 cm³/mol. The molecule has 0 radical (unpaired) electrons. The molecule has 6 nitrogen and oxygen atoms in total. The average Bonchev–Trinajstić information content (AvgIpc) is 2.67. The zero-order valence-electron chi connectivity index (χ0n) is 14.5. The lowest BCUT2D eigenvalue weighted by Gasteiger charge is -2.23. The van der Waals surface area contributed by atoms with Crippen LogP contribution in [0.4, 0.5) is 5.69 Å². The van der Waals surface area contributed by atoms with Gasteiger partial charge in [0.25, 0.3) is 0 Å². The number of ether oxygens (including phenoxy) is 1. The third kappa shape index (κ3) is 4.39. The Kier molecular flexibility index (Phi) is 5.84. The van der Waals surface area contributed by atoms with Gasteiger partial charge in [0.1, 0.15) is 6.61 Å². The summed E-state index contributed by atoms with van der Waals surface area (Å²) in [5.41, 5.74) is 2.69. The molecule has 1 N–H and O–H groups in total. The summed E-state index contributed by atoms with van der Waals surface area (Å²) in [4.78, 5) is 10.9. The molecule has 3 rings (SSSR count). The maximum Gasteiger partial charge on any atom is 0.310 e. The van der Waals surface area contributed by atoms with Gasteiger partial charge < -0.3 is 9.94 Å². The fraction of sp³-hybridized carbons (Fsp3) is 0.350. The monoisotopic (exact) mass is 354 g/mol. The molecule has 136 valence electrons. The Morgan fingerprint density at radius 2 is 1.96 bits per heavy atom. The van der Waals surface area contributed by atoms with E-state index in [1.54, 1.807) is 12.1 Å². The van der Waals surface area contributed by atoms with Crippen molar-refractivity contribution in [2.75, 3.05) is 0 Å². The number of nitro groups is 1. The van der Waals surface area contributed by atoms with Gasteiger partial charge in [0, 0.05) is 12.0 Å². The van der Waals surface area contributed by atoms with E-state index in [0.29, 0.717) is 6.42 Å². The number of benzene rings is 2. The zero-order chi connectivity index (χ0) is 18.4. The predicted octanol–water partition coefficient (Wildman–Crippen LogP) is 4.74. The van der Waals surface area contributed by atoms with Crippen LogP contribution < -0.4 is 4.74 Å². The van der Waals surface area contributed by atoms with Gasteiger partial charge in [-0.05, 0) is 42.9 Å². The topological polar surface area (TPSA) is 85.0 Å². The second-order valence-electron chi connectivity index (χ2n) is 6.57. The third-order valence-corrected chi connectivity index (χ3v) is 4.78. The van der Waals surface area contributed by atoms with E-state index in [2.05, 4.69) is 5.16 Å². The normalized spacial score (nSPS) is 18.6. The molecule has 1 saturated carbocycles. The van der Waals surface area contributed by atoms with Gasteiger partial charge in [-0.1, -0.05) is 48.0 Å². The first-order valence-electron chi connectivity index (χ1n) is 8.82. The van der Waals surface area contributed by atoms with Crippen LogP contribution in [-0.2, 0) is 13.0 Å². The highest BCUT2D eigenvalue weighted by molar-refractivity contribution is 5.87. The van der Waals surface area contributed by atoms with Crippen molar-refractivity contribution < 1.29 is 14.9 Å². The van der Waals surface area contributed by atoms with Crippen molar-refractivity contribution in [1.29, 1.82) is 0 Å². The van der Waals surface area contributed by atoms with Gasteiger partial charge in [-0.15, -0.1) is 0 Å². The van der Waals surface area contributed by atoms with Gasteiger partial charge in [0.2, 0.25) is 0 Å². The van der Waals surface area contributed by atoms with Crippen molar-refractivity contribution in [3.63, 3.8) is 0 Å². The van der Waals surface area contributed by atoms with Gasteiger partial charge in [-0.2, -0.15) is 0 Å². The fourth-order valence-corrected chi connectivity index (χ4v) is 3.39. The summed E-state index contributed by atoms with van der Waals surface area (Å²) in [6, 6.07) is 14.6. The summed E-state index contributed by atoms with van der Waals surface area (Å²) in [6.45, 7) is 0.276. The van der Waals surface area contributed by atoms with E-state index in [1.165, 1.54) is 6.07 Å². The quantitative estimate of drug-likeness (QED) is 0.461. The fourth-order valence-electron chi connectivity index (χ4n) is 3.39. The molecule has 2 aromatic carbocycles. The minimum absolute atomic E-state index is 0.0376. The van der Waals surface area contributed by atoms with Crippen LogP contribution in [0, 0.1) is 16.0 Å². The standard InChI is InChI=1S/C20H22N2O4/c23-21-18-9-5-4-8-17(18)12-16-10-11-19(22(24)25)20(13-16)26-14-15-6-2-1-3-7-15/h1-3,6-7,10-11,13,17,23H,4-5,8-9,12,14H2/b21-18+. The van der Waals surface area contributed by atoms with E-state index >= 15 is 0 Å². The first kappa shape index (κ1) is 17.9. The van der Waals surface area contributed by atoms with E-state index in [9.17, 15) is 15.3 Å². The second kappa shape index (κ2) is 8.47. The van der Waals surface area contributed by atoms with Crippen molar-refractivity contribution in [3.05, 3.63) is 69.8 Å². The van der Waals surface area contributed by atoms with E-state index in [1.807, 2.05) is 30.3 Å². The van der Waals surface area contributed by atoms with Crippen LogP contribution in [0.15, 0.2) is 53.7 Å². The maximum absolute atomic E-state index is 11.3. The highest BCUT2D eigenvalue weighted by atomic mass is 16.6. The van der Waals surface area contributed by atoms with Crippen LogP contribution in [0.3, 0.4) is 0 Å². The molecule has 1 aliphatic rings. The molecule has 0 amide bonds. The number of oxime groups is 1. The lowest BCUT2D eigenvalue weighted by Crippen LogP contribution is -2.21. The van der Waals surface area contributed by atoms with Gasteiger partial charge in [-0.3, -0.25) is 10.1 Å². The summed E-state index contributed by atoms with van der Waals surface area (Å²) < 4.78 is 5.75. The number of hydrogen-bond acceptors (Lipinski definition) is 5. The van der Waals surface area contributed by atoms with Crippen LogP contribution >= 0.6 is 0 Å². The van der Waals surface area contributed by atoms with Gasteiger partial charge in [-0.25, -0.2) is 0 Å². The van der Waals surface area contributed by atoms with Crippen LogP contribution in [0.5, 0.6) is 5.75 Å². The molecule has 1 atom stereocenters. The first-order valence-corrected chi connectivity index (χ1v) is 8.82. The molecule has 0 heterocycles. The van der Waals surface area contributed by atoms with Crippen molar-refractivity contribution in [2.24, 2.45) is 11.1 Å². The van der Waals surface area contributed by atoms with Crippen molar-refractivity contribution in [2.45, 2.75) is 38.7 Å². The zero-order valence-corrected chi connectivity index (χ0v) is 14.5. The van der Waals surface area contributed by atoms with Crippen LogP contribution in [0.1, 0.15) is 36.8 Å². The average molecular weight is 354 g/mol. The molecular weight excluding hydrogens is 332 g/mol. The highest BCUT2D eigenvalue weighted by Gasteiger charge is 2.23. The lowest BCUT2D eigenvalue weighted by atomic mass is 9.83. The Bertz CT molecular complexity index is 790. The highest BCUT2D eigenvalue weighted by Crippen LogP contribution is 2.32. The Morgan fingerprint density at radius 1 is 1.15 bits per heavy atom. The molecule has 1 aliphatic carbocycles. The summed E-state index contributed by atoms with van der Waals surface area (Å²) >= 11 is 0. The summed E-state index contributed by atoms with van der Waals surface area (Å²) in [7, 11) is 0.